The van der Waals surface area contributed by atoms with E-state index in [4.69, 9.17) is 0 Å². The highest BCUT2D eigenvalue weighted by atomic mass is 15.2. The van der Waals surface area contributed by atoms with Crippen LogP contribution in [0.25, 0.3) is 0 Å². The molecule has 96 valence electrons. The molecule has 0 N–H and O–H groups in total. The fourth-order valence-corrected chi connectivity index (χ4v) is 2.78. The fourth-order valence-electron chi connectivity index (χ4n) is 2.78. The van der Waals surface area contributed by atoms with Gasteiger partial charge in [0.25, 0.3) is 0 Å². The zero-order valence-corrected chi connectivity index (χ0v) is 12.3. The fraction of sp³-hybridized carbons (Fsp3) is 1.00. The van der Waals surface area contributed by atoms with Gasteiger partial charge in [0.2, 0.25) is 0 Å². The summed E-state index contributed by atoms with van der Waals surface area (Å²) in [5.41, 5.74) is 0.948. The van der Waals surface area contributed by atoms with Crippen molar-refractivity contribution >= 4 is 0 Å². The molecule has 0 aromatic carbocycles. The lowest BCUT2D eigenvalue weighted by Gasteiger charge is -2.46. The molecule has 1 rings (SSSR count). The number of hydrogen-bond acceptors (Lipinski definition) is 1. The third-order valence-electron chi connectivity index (χ3n) is 5.23. The highest BCUT2D eigenvalue weighted by molar-refractivity contribution is 4.88. The zero-order valence-electron chi connectivity index (χ0n) is 12.3. The van der Waals surface area contributed by atoms with Gasteiger partial charge in [0.05, 0.1) is 0 Å². The topological polar surface area (TPSA) is 3.24 Å². The molecule has 16 heavy (non-hydrogen) atoms. The molecule has 1 aliphatic heterocycles. The van der Waals surface area contributed by atoms with Crippen molar-refractivity contribution in [3.05, 3.63) is 0 Å². The minimum atomic E-state index is 0.404. The third-order valence-corrected chi connectivity index (χ3v) is 5.23. The first-order valence-corrected chi connectivity index (χ1v) is 7.08. The summed E-state index contributed by atoms with van der Waals surface area (Å²) in [6, 6.07) is 0. The van der Waals surface area contributed by atoms with Crippen molar-refractivity contribution in [1.82, 2.24) is 4.90 Å². The van der Waals surface area contributed by atoms with Crippen molar-refractivity contribution in [2.45, 2.75) is 72.8 Å². The molecule has 1 heterocycles. The summed E-state index contributed by atoms with van der Waals surface area (Å²) in [5.74, 6) is 0.932. The zero-order chi connectivity index (χ0) is 12.4. The maximum absolute atomic E-state index is 2.69. The molecule has 0 aromatic heterocycles. The van der Waals surface area contributed by atoms with Crippen LogP contribution in [-0.2, 0) is 0 Å². The molecule has 1 heteroatoms. The third kappa shape index (κ3) is 3.00. The van der Waals surface area contributed by atoms with Crippen LogP contribution in [0.3, 0.4) is 0 Å². The predicted octanol–water partition coefficient (Wildman–Crippen LogP) is 4.32. The summed E-state index contributed by atoms with van der Waals surface area (Å²) in [4.78, 5) is 2.69. The number of piperidine rings is 1. The Bertz CT molecular complexity index is 185. The molecule has 0 amide bonds. The van der Waals surface area contributed by atoms with E-state index in [9.17, 15) is 0 Å². The van der Waals surface area contributed by atoms with Crippen molar-refractivity contribution in [2.24, 2.45) is 11.3 Å². The van der Waals surface area contributed by atoms with Crippen LogP contribution in [0.2, 0.25) is 0 Å². The van der Waals surface area contributed by atoms with Gasteiger partial charge in [-0.15, -0.1) is 0 Å². The van der Waals surface area contributed by atoms with Crippen LogP contribution in [0.4, 0.5) is 0 Å². The van der Waals surface area contributed by atoms with Crippen molar-refractivity contribution in [1.29, 1.82) is 0 Å². The molecule has 1 aliphatic rings. The van der Waals surface area contributed by atoms with Crippen molar-refractivity contribution in [3.63, 3.8) is 0 Å². The van der Waals surface area contributed by atoms with Gasteiger partial charge < -0.3 is 0 Å². The van der Waals surface area contributed by atoms with Crippen LogP contribution >= 0.6 is 0 Å². The maximum Gasteiger partial charge on any atom is 0.0150 e. The highest BCUT2D eigenvalue weighted by Crippen LogP contribution is 2.39. The number of rotatable bonds is 4. The van der Waals surface area contributed by atoms with Gasteiger partial charge in [-0.2, -0.15) is 0 Å². The monoisotopic (exact) mass is 225 g/mol. The Balaban J connectivity index is 2.52. The van der Waals surface area contributed by atoms with E-state index >= 15 is 0 Å². The van der Waals surface area contributed by atoms with Gasteiger partial charge in [-0.3, -0.25) is 4.90 Å². The van der Waals surface area contributed by atoms with Crippen molar-refractivity contribution < 1.29 is 0 Å². The predicted molar refractivity (Wildman–Crippen MR) is 72.7 cm³/mol. The van der Waals surface area contributed by atoms with E-state index < -0.39 is 0 Å². The molecule has 0 radical (unpaired) electrons. The molecule has 0 bridgehead atoms. The van der Waals surface area contributed by atoms with E-state index in [1.807, 2.05) is 0 Å². The quantitative estimate of drug-likeness (QED) is 0.688. The molecule has 0 saturated carbocycles. The second-order valence-corrected chi connectivity index (χ2v) is 6.77. The number of nitrogens with zero attached hydrogens (tertiary/aromatic N) is 1. The molecule has 0 spiro atoms. The second kappa shape index (κ2) is 5.08. The molecule has 1 saturated heterocycles. The Morgan fingerprint density at radius 1 is 0.938 bits per heavy atom. The van der Waals surface area contributed by atoms with Crippen LogP contribution in [0.15, 0.2) is 0 Å². The smallest absolute Gasteiger partial charge is 0.0150 e. The number of hydrogen-bond donors (Lipinski definition) is 0. The summed E-state index contributed by atoms with van der Waals surface area (Å²) >= 11 is 0. The van der Waals surface area contributed by atoms with Gasteiger partial charge in [-0.1, -0.05) is 34.1 Å². The first-order valence-electron chi connectivity index (χ1n) is 7.08. The normalized spacial score (nSPS) is 21.4. The van der Waals surface area contributed by atoms with E-state index in [0.717, 1.165) is 5.92 Å². The lowest BCUT2D eigenvalue weighted by atomic mass is 9.71. The second-order valence-electron chi connectivity index (χ2n) is 6.77. The van der Waals surface area contributed by atoms with Gasteiger partial charge in [-0.05, 0) is 57.5 Å². The molecule has 1 fully saturated rings. The molecule has 0 unspecified atom stereocenters. The van der Waals surface area contributed by atoms with E-state index in [-0.39, 0.29) is 0 Å². The molecule has 1 nitrogen and oxygen atoms in total. The minimum Gasteiger partial charge on any atom is -0.298 e. The van der Waals surface area contributed by atoms with Crippen LogP contribution in [0.5, 0.6) is 0 Å². The molecule has 0 atom stereocenters. The van der Waals surface area contributed by atoms with E-state index in [2.05, 4.69) is 46.4 Å². The van der Waals surface area contributed by atoms with Gasteiger partial charge in [0.1, 0.15) is 0 Å². The van der Waals surface area contributed by atoms with Crippen molar-refractivity contribution in [3.8, 4) is 0 Å². The van der Waals surface area contributed by atoms with Gasteiger partial charge in [0.15, 0.2) is 0 Å². The van der Waals surface area contributed by atoms with E-state index in [1.165, 1.54) is 38.8 Å². The SMILES string of the molecule is CCC(C)(C)C1CCN(C(C)(C)CC)CC1. The molecular weight excluding hydrogens is 194 g/mol. The van der Waals surface area contributed by atoms with Gasteiger partial charge >= 0.3 is 0 Å². The summed E-state index contributed by atoms with van der Waals surface area (Å²) < 4.78 is 0. The first-order chi connectivity index (χ1) is 7.33. The Labute approximate surface area is 103 Å². The highest BCUT2D eigenvalue weighted by Gasteiger charge is 2.34. The maximum atomic E-state index is 2.69. The lowest BCUT2D eigenvalue weighted by Crippen LogP contribution is -2.49. The van der Waals surface area contributed by atoms with Crippen LogP contribution in [0.1, 0.15) is 67.2 Å². The van der Waals surface area contributed by atoms with Crippen LogP contribution < -0.4 is 0 Å². The first kappa shape index (κ1) is 14.0. The van der Waals surface area contributed by atoms with Crippen LogP contribution in [-0.4, -0.2) is 23.5 Å². The number of likely N-dealkylation sites (tertiary alicyclic amines) is 1. The Morgan fingerprint density at radius 3 is 1.81 bits per heavy atom. The van der Waals surface area contributed by atoms with E-state index in [0.29, 0.717) is 11.0 Å². The molecule has 0 aromatic rings. The summed E-state index contributed by atoms with van der Waals surface area (Å²) in [6.45, 7) is 16.9. The standard InChI is InChI=1S/C15H31N/c1-7-14(3,4)13-9-11-16(12-10-13)15(5,6)8-2/h13H,7-12H2,1-6H3. The molecular formula is C15H31N. The summed E-state index contributed by atoms with van der Waals surface area (Å²) in [6.07, 6.45) is 5.36. The Kier molecular flexibility index (Phi) is 4.45. The average Bonchev–Trinajstić information content (AvgIpc) is 2.29. The van der Waals surface area contributed by atoms with Crippen LogP contribution in [0, 0.1) is 11.3 Å². The Hall–Kier alpha value is -0.0400. The van der Waals surface area contributed by atoms with Gasteiger partial charge in [0, 0.05) is 5.54 Å². The largest absolute Gasteiger partial charge is 0.298 e. The summed E-state index contributed by atoms with van der Waals surface area (Å²) in [5, 5.41) is 0. The minimum absolute atomic E-state index is 0.404. The average molecular weight is 225 g/mol. The lowest BCUT2D eigenvalue weighted by molar-refractivity contribution is 0.0357. The van der Waals surface area contributed by atoms with Gasteiger partial charge in [-0.25, -0.2) is 0 Å². The van der Waals surface area contributed by atoms with E-state index in [1.54, 1.807) is 0 Å². The van der Waals surface area contributed by atoms with Crippen molar-refractivity contribution in [2.75, 3.05) is 13.1 Å². The molecule has 0 aliphatic carbocycles. The summed E-state index contributed by atoms with van der Waals surface area (Å²) in [7, 11) is 0. The Morgan fingerprint density at radius 2 is 1.44 bits per heavy atom.